The lowest BCUT2D eigenvalue weighted by molar-refractivity contribution is -0.139. The Kier molecular flexibility index (Phi) is 3.43. The standard InChI is InChI=1S/C9H10O5S/c1-7-3-2-4-8(5-7)15(12,13)14-6-9(10)11/h2-5H,6H2,1H3,(H,10,11). The number of carbonyl (C=O) groups is 1. The third kappa shape index (κ3) is 3.34. The Morgan fingerprint density at radius 2 is 2.13 bits per heavy atom. The molecule has 1 aromatic carbocycles. The fourth-order valence-corrected chi connectivity index (χ4v) is 1.93. The molecule has 0 aliphatic rings. The van der Waals surface area contributed by atoms with Crippen molar-refractivity contribution in [1.82, 2.24) is 0 Å². The van der Waals surface area contributed by atoms with E-state index in [-0.39, 0.29) is 4.90 Å². The summed E-state index contributed by atoms with van der Waals surface area (Å²) in [7, 11) is -3.96. The van der Waals surface area contributed by atoms with Crippen LogP contribution in [0.3, 0.4) is 0 Å². The van der Waals surface area contributed by atoms with Crippen molar-refractivity contribution in [3.63, 3.8) is 0 Å². The van der Waals surface area contributed by atoms with Gasteiger partial charge in [0.25, 0.3) is 10.1 Å². The molecule has 1 N–H and O–H groups in total. The molecular formula is C9H10O5S. The molecule has 0 amide bonds. The second-order valence-electron chi connectivity index (χ2n) is 2.93. The van der Waals surface area contributed by atoms with Gasteiger partial charge in [-0.1, -0.05) is 12.1 Å². The molecule has 0 bridgehead atoms. The van der Waals surface area contributed by atoms with Gasteiger partial charge in [0.2, 0.25) is 0 Å². The second kappa shape index (κ2) is 4.41. The van der Waals surface area contributed by atoms with E-state index in [1.54, 1.807) is 19.1 Å². The van der Waals surface area contributed by atoms with Gasteiger partial charge in [-0.15, -0.1) is 0 Å². The highest BCUT2D eigenvalue weighted by atomic mass is 32.2. The first-order valence-electron chi connectivity index (χ1n) is 4.10. The Balaban J connectivity index is 2.91. The van der Waals surface area contributed by atoms with Crippen LogP contribution >= 0.6 is 0 Å². The molecule has 0 radical (unpaired) electrons. The van der Waals surface area contributed by atoms with Crippen LogP contribution in [-0.2, 0) is 19.1 Å². The van der Waals surface area contributed by atoms with E-state index in [0.29, 0.717) is 0 Å². The molecule has 0 fully saturated rings. The first-order chi connectivity index (χ1) is 6.92. The molecule has 0 aromatic heterocycles. The Morgan fingerprint density at radius 1 is 1.47 bits per heavy atom. The Morgan fingerprint density at radius 3 is 2.67 bits per heavy atom. The van der Waals surface area contributed by atoms with Crippen molar-refractivity contribution in [2.75, 3.05) is 6.61 Å². The SMILES string of the molecule is Cc1cccc(S(=O)(=O)OCC(=O)O)c1. The molecule has 6 heteroatoms. The van der Waals surface area contributed by atoms with E-state index in [9.17, 15) is 13.2 Å². The molecule has 0 heterocycles. The average Bonchev–Trinajstić information content (AvgIpc) is 2.15. The second-order valence-corrected chi connectivity index (χ2v) is 4.54. The van der Waals surface area contributed by atoms with Crippen LogP contribution in [0.2, 0.25) is 0 Å². The zero-order chi connectivity index (χ0) is 11.5. The summed E-state index contributed by atoms with van der Waals surface area (Å²) in [6.45, 7) is 0.868. The van der Waals surface area contributed by atoms with E-state index in [1.807, 2.05) is 0 Å². The van der Waals surface area contributed by atoms with Crippen molar-refractivity contribution in [1.29, 1.82) is 0 Å². The average molecular weight is 230 g/mol. The molecule has 0 spiro atoms. The highest BCUT2D eigenvalue weighted by molar-refractivity contribution is 7.86. The lowest BCUT2D eigenvalue weighted by atomic mass is 10.2. The van der Waals surface area contributed by atoms with E-state index in [4.69, 9.17) is 5.11 Å². The summed E-state index contributed by atoms with van der Waals surface area (Å²) >= 11 is 0. The van der Waals surface area contributed by atoms with Gasteiger partial charge in [-0.2, -0.15) is 8.42 Å². The lowest BCUT2D eigenvalue weighted by Crippen LogP contribution is -2.13. The van der Waals surface area contributed by atoms with Crippen molar-refractivity contribution in [3.05, 3.63) is 29.8 Å². The third-order valence-electron chi connectivity index (χ3n) is 1.62. The zero-order valence-corrected chi connectivity index (χ0v) is 8.82. The topological polar surface area (TPSA) is 80.7 Å². The molecule has 0 unspecified atom stereocenters. The fraction of sp³-hybridized carbons (Fsp3) is 0.222. The van der Waals surface area contributed by atoms with Crippen LogP contribution in [-0.4, -0.2) is 26.1 Å². The zero-order valence-electron chi connectivity index (χ0n) is 8.00. The molecule has 1 rings (SSSR count). The largest absolute Gasteiger partial charge is 0.479 e. The number of rotatable bonds is 4. The molecule has 1 aromatic rings. The van der Waals surface area contributed by atoms with Gasteiger partial charge in [0.15, 0.2) is 6.61 Å². The normalized spacial score (nSPS) is 11.3. The van der Waals surface area contributed by atoms with E-state index in [0.717, 1.165) is 5.56 Å². The monoisotopic (exact) mass is 230 g/mol. The molecule has 5 nitrogen and oxygen atoms in total. The molecule has 0 atom stereocenters. The number of aryl methyl sites for hydroxylation is 1. The van der Waals surface area contributed by atoms with Gasteiger partial charge in [-0.3, -0.25) is 4.18 Å². The third-order valence-corrected chi connectivity index (χ3v) is 2.88. The number of carboxylic acid groups (broad SMARTS) is 1. The van der Waals surface area contributed by atoms with Crippen LogP contribution in [0.4, 0.5) is 0 Å². The summed E-state index contributed by atoms with van der Waals surface area (Å²) in [4.78, 5) is 10.1. The van der Waals surface area contributed by atoms with Gasteiger partial charge in [-0.05, 0) is 24.6 Å². The molecule has 82 valence electrons. The fourth-order valence-electron chi connectivity index (χ4n) is 0.967. The molecule has 15 heavy (non-hydrogen) atoms. The van der Waals surface area contributed by atoms with Crippen molar-refractivity contribution in [2.45, 2.75) is 11.8 Å². The minimum absolute atomic E-state index is 0.0382. The van der Waals surface area contributed by atoms with Crippen LogP contribution < -0.4 is 0 Å². The molecule has 0 saturated carbocycles. The number of carboxylic acids is 1. The van der Waals surface area contributed by atoms with E-state index in [1.165, 1.54) is 12.1 Å². The number of aliphatic carboxylic acids is 1. The van der Waals surface area contributed by atoms with Crippen molar-refractivity contribution in [2.24, 2.45) is 0 Å². The summed E-state index contributed by atoms with van der Waals surface area (Å²) in [6, 6.07) is 6.06. The van der Waals surface area contributed by atoms with Crippen LogP contribution in [0.1, 0.15) is 5.56 Å². The summed E-state index contributed by atoms with van der Waals surface area (Å²) in [5.41, 5.74) is 0.759. The van der Waals surface area contributed by atoms with Crippen molar-refractivity contribution < 1.29 is 22.5 Å². The maximum Gasteiger partial charge on any atom is 0.331 e. The number of hydrogen-bond donors (Lipinski definition) is 1. The van der Waals surface area contributed by atoms with Gasteiger partial charge in [0, 0.05) is 0 Å². The van der Waals surface area contributed by atoms with Gasteiger partial charge in [0.05, 0.1) is 4.90 Å². The number of hydrogen-bond acceptors (Lipinski definition) is 4. The minimum atomic E-state index is -3.96. The van der Waals surface area contributed by atoms with Crippen LogP contribution in [0, 0.1) is 6.92 Å². The van der Waals surface area contributed by atoms with Crippen molar-refractivity contribution >= 4 is 16.1 Å². The van der Waals surface area contributed by atoms with E-state index in [2.05, 4.69) is 4.18 Å². The summed E-state index contributed by atoms with van der Waals surface area (Å²) in [6.07, 6.45) is 0. The van der Waals surface area contributed by atoms with Crippen LogP contribution in [0.15, 0.2) is 29.2 Å². The first-order valence-corrected chi connectivity index (χ1v) is 5.50. The summed E-state index contributed by atoms with van der Waals surface area (Å²) in [5.74, 6) is -1.33. The molecular weight excluding hydrogens is 220 g/mol. The van der Waals surface area contributed by atoms with Crippen LogP contribution in [0.25, 0.3) is 0 Å². The minimum Gasteiger partial charge on any atom is -0.479 e. The van der Waals surface area contributed by atoms with Gasteiger partial charge >= 0.3 is 5.97 Å². The maximum atomic E-state index is 11.4. The predicted octanol–water partition coefficient (Wildman–Crippen LogP) is 0.785. The van der Waals surface area contributed by atoms with Crippen molar-refractivity contribution in [3.8, 4) is 0 Å². The molecule has 0 saturated heterocycles. The lowest BCUT2D eigenvalue weighted by Gasteiger charge is -2.03. The van der Waals surface area contributed by atoms with Gasteiger partial charge in [0.1, 0.15) is 0 Å². The summed E-state index contributed by atoms with van der Waals surface area (Å²) < 4.78 is 27.1. The maximum absolute atomic E-state index is 11.4. The first kappa shape index (κ1) is 11.7. The summed E-state index contributed by atoms with van der Waals surface area (Å²) in [5, 5.41) is 8.29. The Hall–Kier alpha value is -1.40. The predicted molar refractivity (Wildman–Crippen MR) is 52.0 cm³/mol. The van der Waals surface area contributed by atoms with Gasteiger partial charge in [-0.25, -0.2) is 4.79 Å². The Bertz CT molecular complexity index is 463. The van der Waals surface area contributed by atoms with E-state index < -0.39 is 22.7 Å². The quantitative estimate of drug-likeness (QED) is 0.773. The smallest absolute Gasteiger partial charge is 0.331 e. The highest BCUT2D eigenvalue weighted by Crippen LogP contribution is 2.13. The molecule has 0 aliphatic carbocycles. The van der Waals surface area contributed by atoms with Gasteiger partial charge < -0.3 is 5.11 Å². The number of benzene rings is 1. The highest BCUT2D eigenvalue weighted by Gasteiger charge is 2.16. The van der Waals surface area contributed by atoms with E-state index >= 15 is 0 Å². The van der Waals surface area contributed by atoms with Crippen LogP contribution in [0.5, 0.6) is 0 Å². The molecule has 0 aliphatic heterocycles. The Labute approximate surface area is 87.4 Å².